The molecule has 1 atom stereocenters. The third kappa shape index (κ3) is 3.79. The average Bonchev–Trinajstić information content (AvgIpc) is 2.79. The molecule has 3 heteroatoms. The van der Waals surface area contributed by atoms with Crippen LogP contribution in [0.1, 0.15) is 24.2 Å². The van der Waals surface area contributed by atoms with Crippen LogP contribution in [0.25, 0.3) is 11.3 Å². The lowest BCUT2D eigenvalue weighted by molar-refractivity contribution is 0.831. The summed E-state index contributed by atoms with van der Waals surface area (Å²) in [6, 6.07) is 32.9. The van der Waals surface area contributed by atoms with E-state index in [9.17, 15) is 0 Å². The Balaban J connectivity index is 1.63. The highest BCUT2D eigenvalue weighted by Crippen LogP contribution is 2.27. The van der Waals surface area contributed by atoms with Crippen LogP contribution in [0, 0.1) is 0 Å². The van der Waals surface area contributed by atoms with Crippen molar-refractivity contribution in [2.45, 2.75) is 12.8 Å². The molecule has 2 aromatic heterocycles. The van der Waals surface area contributed by atoms with Crippen LogP contribution in [0.4, 0.5) is 11.5 Å². The van der Waals surface area contributed by atoms with E-state index >= 15 is 0 Å². The Morgan fingerprint density at radius 2 is 1.25 bits per heavy atom. The molecule has 0 fully saturated rings. The van der Waals surface area contributed by atoms with Gasteiger partial charge in [0.15, 0.2) is 0 Å². The molecule has 0 N–H and O–H groups in total. The van der Waals surface area contributed by atoms with Gasteiger partial charge in [0.25, 0.3) is 0 Å². The van der Waals surface area contributed by atoms with Crippen LogP contribution in [0.5, 0.6) is 0 Å². The first-order chi connectivity index (χ1) is 13.7. The van der Waals surface area contributed by atoms with Crippen molar-refractivity contribution in [1.29, 1.82) is 0 Å². The molecule has 3 nitrogen and oxygen atoms in total. The van der Waals surface area contributed by atoms with Crippen LogP contribution in [0.3, 0.4) is 0 Å². The molecule has 2 aromatic carbocycles. The summed E-state index contributed by atoms with van der Waals surface area (Å²) in [6.07, 6.45) is 0. The molecule has 4 aromatic rings. The largest absolute Gasteiger partial charge is 0.329 e. The minimum Gasteiger partial charge on any atom is -0.329 e. The number of nitrogens with zero attached hydrogens (tertiary/aromatic N) is 3. The maximum Gasteiger partial charge on any atom is 0.133 e. The van der Waals surface area contributed by atoms with Crippen molar-refractivity contribution in [3.05, 3.63) is 108 Å². The summed E-state index contributed by atoms with van der Waals surface area (Å²) in [5, 5.41) is 0. The highest BCUT2D eigenvalue weighted by molar-refractivity contribution is 5.60. The molecular weight excluding hydrogens is 342 g/mol. The Morgan fingerprint density at radius 3 is 1.96 bits per heavy atom. The Kier molecular flexibility index (Phi) is 5.16. The zero-order valence-corrected chi connectivity index (χ0v) is 16.2. The summed E-state index contributed by atoms with van der Waals surface area (Å²) in [6.45, 7) is 2.16. The number of pyridine rings is 2. The monoisotopic (exact) mass is 365 g/mol. The maximum atomic E-state index is 4.91. The van der Waals surface area contributed by atoms with Gasteiger partial charge in [0.1, 0.15) is 5.82 Å². The van der Waals surface area contributed by atoms with Gasteiger partial charge in [0.2, 0.25) is 0 Å². The van der Waals surface area contributed by atoms with Crippen molar-refractivity contribution in [3.63, 3.8) is 0 Å². The van der Waals surface area contributed by atoms with Crippen LogP contribution in [-0.4, -0.2) is 17.0 Å². The van der Waals surface area contributed by atoms with Crippen molar-refractivity contribution in [2.75, 3.05) is 11.9 Å². The molecule has 0 saturated carbocycles. The van der Waals surface area contributed by atoms with Gasteiger partial charge in [0.05, 0.1) is 11.4 Å². The van der Waals surface area contributed by atoms with E-state index in [2.05, 4.69) is 66.4 Å². The SMILES string of the molecule is CC(c1cccc(-c2ccccc2)n1)c1cccc(N(C)c2ccccc2)n1. The van der Waals surface area contributed by atoms with Crippen LogP contribution < -0.4 is 4.90 Å². The van der Waals surface area contributed by atoms with E-state index in [4.69, 9.17) is 9.97 Å². The van der Waals surface area contributed by atoms with Gasteiger partial charge in [0, 0.05) is 29.9 Å². The van der Waals surface area contributed by atoms with E-state index < -0.39 is 0 Å². The molecule has 0 aliphatic heterocycles. The Morgan fingerprint density at radius 1 is 0.643 bits per heavy atom. The first-order valence-corrected chi connectivity index (χ1v) is 9.50. The zero-order valence-electron chi connectivity index (χ0n) is 16.2. The molecule has 28 heavy (non-hydrogen) atoms. The fourth-order valence-corrected chi connectivity index (χ4v) is 3.27. The summed E-state index contributed by atoms with van der Waals surface area (Å²) in [7, 11) is 2.04. The van der Waals surface area contributed by atoms with E-state index in [0.29, 0.717) is 0 Å². The minimum absolute atomic E-state index is 0.104. The minimum atomic E-state index is 0.104. The fraction of sp³-hybridized carbons (Fsp3) is 0.120. The lowest BCUT2D eigenvalue weighted by Crippen LogP contribution is -2.12. The summed E-state index contributed by atoms with van der Waals surface area (Å²) in [4.78, 5) is 11.9. The first kappa shape index (κ1) is 17.9. The number of benzene rings is 2. The van der Waals surface area contributed by atoms with Crippen LogP contribution in [0.2, 0.25) is 0 Å². The van der Waals surface area contributed by atoms with Crippen LogP contribution >= 0.6 is 0 Å². The quantitative estimate of drug-likeness (QED) is 0.430. The number of hydrogen-bond acceptors (Lipinski definition) is 3. The third-order valence-corrected chi connectivity index (χ3v) is 4.97. The molecule has 0 amide bonds. The van der Waals surface area contributed by atoms with E-state index in [1.165, 1.54) is 0 Å². The maximum absolute atomic E-state index is 4.91. The Hall–Kier alpha value is -3.46. The molecule has 0 aliphatic rings. The predicted octanol–water partition coefficient (Wildman–Crippen LogP) is 6.06. The number of hydrogen-bond donors (Lipinski definition) is 0. The molecule has 0 bridgehead atoms. The zero-order chi connectivity index (χ0) is 19.3. The predicted molar refractivity (Wildman–Crippen MR) is 116 cm³/mol. The number of para-hydroxylation sites is 1. The van der Waals surface area contributed by atoms with Gasteiger partial charge in [-0.1, -0.05) is 67.6 Å². The molecule has 0 aliphatic carbocycles. The van der Waals surface area contributed by atoms with Crippen LogP contribution in [-0.2, 0) is 0 Å². The van der Waals surface area contributed by atoms with Gasteiger partial charge in [-0.2, -0.15) is 0 Å². The van der Waals surface area contributed by atoms with Crippen LogP contribution in [0.15, 0.2) is 97.1 Å². The number of aromatic nitrogens is 2. The topological polar surface area (TPSA) is 29.0 Å². The first-order valence-electron chi connectivity index (χ1n) is 9.50. The molecule has 0 spiro atoms. The second-order valence-corrected chi connectivity index (χ2v) is 6.85. The lowest BCUT2D eigenvalue weighted by atomic mass is 10.0. The van der Waals surface area contributed by atoms with Crippen molar-refractivity contribution in [2.24, 2.45) is 0 Å². The Labute approximate surface area is 166 Å². The number of rotatable bonds is 5. The molecule has 2 heterocycles. The normalized spacial score (nSPS) is 11.8. The molecule has 138 valence electrons. The molecule has 1 unspecified atom stereocenters. The Bertz CT molecular complexity index is 1050. The summed E-state index contributed by atoms with van der Waals surface area (Å²) in [5.74, 6) is 1.03. The molecule has 0 saturated heterocycles. The highest BCUT2D eigenvalue weighted by Gasteiger charge is 2.14. The smallest absolute Gasteiger partial charge is 0.133 e. The van der Waals surface area contributed by atoms with Gasteiger partial charge in [-0.15, -0.1) is 0 Å². The van der Waals surface area contributed by atoms with Gasteiger partial charge in [-0.05, 0) is 36.4 Å². The second kappa shape index (κ2) is 8.05. The third-order valence-electron chi connectivity index (χ3n) is 4.97. The van der Waals surface area contributed by atoms with E-state index in [0.717, 1.165) is 34.2 Å². The highest BCUT2D eigenvalue weighted by atomic mass is 15.2. The van der Waals surface area contributed by atoms with Crippen molar-refractivity contribution < 1.29 is 0 Å². The molecule has 4 rings (SSSR count). The standard InChI is InChI=1S/C25H23N3/c1-19(22-15-9-17-24(26-22)20-11-5-3-6-12-20)23-16-10-18-25(27-23)28(2)21-13-7-4-8-14-21/h3-19H,1-2H3. The second-order valence-electron chi connectivity index (χ2n) is 6.85. The summed E-state index contributed by atoms with van der Waals surface area (Å²) >= 11 is 0. The van der Waals surface area contributed by atoms with Gasteiger partial charge in [-0.25, -0.2) is 4.98 Å². The fourth-order valence-electron chi connectivity index (χ4n) is 3.27. The van der Waals surface area contributed by atoms with E-state index in [1.807, 2.05) is 49.5 Å². The summed E-state index contributed by atoms with van der Waals surface area (Å²) < 4.78 is 0. The lowest BCUT2D eigenvalue weighted by Gasteiger charge is -2.20. The number of anilines is 2. The van der Waals surface area contributed by atoms with E-state index in [-0.39, 0.29) is 5.92 Å². The van der Waals surface area contributed by atoms with Crippen molar-refractivity contribution in [1.82, 2.24) is 9.97 Å². The molecule has 0 radical (unpaired) electrons. The van der Waals surface area contributed by atoms with Crippen molar-refractivity contribution >= 4 is 11.5 Å². The summed E-state index contributed by atoms with van der Waals surface area (Å²) in [5.41, 5.74) is 5.26. The molecular formula is C25H23N3. The van der Waals surface area contributed by atoms with Gasteiger partial charge < -0.3 is 4.90 Å². The van der Waals surface area contributed by atoms with E-state index in [1.54, 1.807) is 0 Å². The van der Waals surface area contributed by atoms with Gasteiger partial charge >= 0.3 is 0 Å². The van der Waals surface area contributed by atoms with Crippen molar-refractivity contribution in [3.8, 4) is 11.3 Å². The van der Waals surface area contributed by atoms with Gasteiger partial charge in [-0.3, -0.25) is 4.98 Å². The average molecular weight is 365 g/mol.